The molecule has 1 aliphatic rings. The number of carbonyl (C=O) groups is 1. The molecule has 35 heavy (non-hydrogen) atoms. The van der Waals surface area contributed by atoms with Crippen molar-refractivity contribution in [3.63, 3.8) is 0 Å². The number of hydroxylamine groups is 1. The fourth-order valence-electron chi connectivity index (χ4n) is 4.13. The van der Waals surface area contributed by atoms with Gasteiger partial charge in [0.15, 0.2) is 9.84 Å². The number of rotatable bonds is 8. The number of nitrogens with one attached hydrogen (secondary N) is 1. The predicted octanol–water partition coefficient (Wildman–Crippen LogP) is 2.06. The molecular formula is C23H31N3O7S2. The minimum absolute atomic E-state index is 0.111. The molecule has 1 unspecified atom stereocenters. The summed E-state index contributed by atoms with van der Waals surface area (Å²) in [6.07, 6.45) is 0.190. The molecule has 2 aromatic rings. The summed E-state index contributed by atoms with van der Waals surface area (Å²) in [5.41, 5.74) is 3.00. The van der Waals surface area contributed by atoms with Crippen molar-refractivity contribution >= 4 is 26.0 Å². The van der Waals surface area contributed by atoms with Crippen LogP contribution in [0.25, 0.3) is 0 Å². The molecule has 10 nitrogen and oxygen atoms in total. The first-order valence-electron chi connectivity index (χ1n) is 11.2. The lowest BCUT2D eigenvalue weighted by molar-refractivity contribution is -0.130. The summed E-state index contributed by atoms with van der Waals surface area (Å²) in [6, 6.07) is 13.9. The van der Waals surface area contributed by atoms with E-state index in [2.05, 4.69) is 6.92 Å². The number of hydrogen-bond donors (Lipinski definition) is 2. The van der Waals surface area contributed by atoms with Crippen LogP contribution in [0.3, 0.4) is 0 Å². The molecule has 0 saturated carbocycles. The minimum Gasteiger partial charge on any atom is -0.457 e. The quantitative estimate of drug-likeness (QED) is 0.398. The molecule has 0 aliphatic carbocycles. The van der Waals surface area contributed by atoms with Crippen molar-refractivity contribution in [2.45, 2.75) is 30.9 Å². The highest BCUT2D eigenvalue weighted by molar-refractivity contribution is 7.92. The monoisotopic (exact) mass is 525 g/mol. The molecule has 3 rings (SSSR count). The van der Waals surface area contributed by atoms with Gasteiger partial charge in [-0.25, -0.2) is 13.9 Å². The molecule has 1 atom stereocenters. The number of carbonyl (C=O) groups excluding carboxylic acids is 1. The van der Waals surface area contributed by atoms with E-state index in [-0.39, 0.29) is 19.5 Å². The second kappa shape index (κ2) is 10.6. The van der Waals surface area contributed by atoms with E-state index in [4.69, 9.17) is 9.94 Å². The summed E-state index contributed by atoms with van der Waals surface area (Å²) in [5.74, 6) is -0.256. The van der Waals surface area contributed by atoms with Crippen LogP contribution in [0.15, 0.2) is 48.5 Å². The van der Waals surface area contributed by atoms with Crippen LogP contribution in [-0.4, -0.2) is 69.5 Å². The predicted molar refractivity (Wildman–Crippen MR) is 131 cm³/mol. The number of aryl methyl sites for hydroxylation is 1. The van der Waals surface area contributed by atoms with Crippen LogP contribution in [0.4, 0.5) is 0 Å². The third kappa shape index (κ3) is 5.67. The Bertz CT molecular complexity index is 1250. The number of nitrogens with zero attached hydrogens (tertiary/aromatic N) is 2. The molecule has 1 fully saturated rings. The highest BCUT2D eigenvalue weighted by atomic mass is 32.2. The first kappa shape index (κ1) is 27.1. The van der Waals surface area contributed by atoms with Crippen molar-refractivity contribution in [1.82, 2.24) is 14.1 Å². The molecule has 0 spiro atoms. The number of benzene rings is 2. The summed E-state index contributed by atoms with van der Waals surface area (Å²) >= 11 is 0. The van der Waals surface area contributed by atoms with Crippen LogP contribution in [0.1, 0.15) is 30.9 Å². The highest BCUT2D eigenvalue weighted by Crippen LogP contribution is 2.41. The van der Waals surface area contributed by atoms with E-state index >= 15 is 0 Å². The van der Waals surface area contributed by atoms with Crippen LogP contribution < -0.4 is 10.2 Å². The van der Waals surface area contributed by atoms with Gasteiger partial charge in [0, 0.05) is 27.2 Å². The summed E-state index contributed by atoms with van der Waals surface area (Å²) in [5, 5.41) is 9.14. The first-order chi connectivity index (χ1) is 16.4. The Morgan fingerprint density at radius 3 is 2.17 bits per heavy atom. The molecule has 0 aromatic heterocycles. The van der Waals surface area contributed by atoms with Crippen molar-refractivity contribution in [3.05, 3.63) is 59.7 Å². The molecule has 1 amide bonds. The van der Waals surface area contributed by atoms with E-state index in [9.17, 15) is 21.6 Å². The maximum Gasteiger partial charge on any atom is 0.281 e. The Balaban J connectivity index is 1.97. The summed E-state index contributed by atoms with van der Waals surface area (Å²) in [4.78, 5) is 12.2. The van der Waals surface area contributed by atoms with E-state index in [0.29, 0.717) is 17.1 Å². The lowest BCUT2D eigenvalue weighted by atomic mass is 9.90. The zero-order valence-electron chi connectivity index (χ0n) is 20.0. The van der Waals surface area contributed by atoms with Crippen molar-refractivity contribution in [3.8, 4) is 11.5 Å². The maximum atomic E-state index is 13.5. The van der Waals surface area contributed by atoms with E-state index < -0.39 is 42.9 Å². The number of sulfone groups is 1. The van der Waals surface area contributed by atoms with Crippen LogP contribution in [0.5, 0.6) is 11.5 Å². The third-order valence-corrected chi connectivity index (χ3v) is 10.7. The van der Waals surface area contributed by atoms with E-state index in [1.54, 1.807) is 24.3 Å². The Morgan fingerprint density at radius 2 is 1.66 bits per heavy atom. The molecule has 1 heterocycles. The van der Waals surface area contributed by atoms with Crippen molar-refractivity contribution in [2.24, 2.45) is 0 Å². The molecule has 12 heteroatoms. The van der Waals surface area contributed by atoms with E-state index in [1.165, 1.54) is 25.1 Å². The Hall–Kier alpha value is -2.51. The standard InChI is InChI=1S/C23H31N3O7S2/c1-4-18-5-9-20(10-6-18)33-21-11-7-19(8-12-21)23(17-22(27)24-28)13-14-26(15-16-34(23,29)30)35(31,32)25(2)3/h5-12,28H,4,13-17H2,1-3H3,(H,24,27). The minimum atomic E-state index is -4.02. The molecule has 0 radical (unpaired) electrons. The zero-order chi connectivity index (χ0) is 25.9. The molecule has 0 bridgehead atoms. The third-order valence-electron chi connectivity index (χ3n) is 6.28. The Morgan fingerprint density at radius 1 is 1.09 bits per heavy atom. The van der Waals surface area contributed by atoms with Gasteiger partial charge in [-0.15, -0.1) is 0 Å². The van der Waals surface area contributed by atoms with E-state index in [1.807, 2.05) is 24.3 Å². The molecule has 1 saturated heterocycles. The lowest BCUT2D eigenvalue weighted by Crippen LogP contribution is -2.42. The van der Waals surface area contributed by atoms with E-state index in [0.717, 1.165) is 15.0 Å². The summed E-state index contributed by atoms with van der Waals surface area (Å²) in [7, 11) is -5.13. The number of amides is 1. The highest BCUT2D eigenvalue weighted by Gasteiger charge is 2.49. The zero-order valence-corrected chi connectivity index (χ0v) is 21.6. The van der Waals surface area contributed by atoms with Crippen LogP contribution in [0, 0.1) is 0 Å². The lowest BCUT2D eigenvalue weighted by Gasteiger charge is -2.32. The van der Waals surface area contributed by atoms with Crippen LogP contribution in [-0.2, 0) is 36.0 Å². The van der Waals surface area contributed by atoms with Gasteiger partial charge in [-0.05, 0) is 48.2 Å². The molecule has 2 aromatic carbocycles. The Kier molecular flexibility index (Phi) is 8.22. The van der Waals surface area contributed by atoms with Gasteiger partial charge in [0.05, 0.1) is 12.2 Å². The molecule has 192 valence electrons. The fourth-order valence-corrected chi connectivity index (χ4v) is 7.45. The average molecular weight is 526 g/mol. The van der Waals surface area contributed by atoms with Gasteiger partial charge in [0.1, 0.15) is 16.2 Å². The van der Waals surface area contributed by atoms with Crippen molar-refractivity contribution < 1.29 is 31.6 Å². The van der Waals surface area contributed by atoms with Gasteiger partial charge in [0.25, 0.3) is 10.2 Å². The second-order valence-corrected chi connectivity index (χ2v) is 13.1. The summed E-state index contributed by atoms with van der Waals surface area (Å²) in [6.45, 7) is 1.71. The van der Waals surface area contributed by atoms with Crippen molar-refractivity contribution in [1.29, 1.82) is 0 Å². The largest absolute Gasteiger partial charge is 0.457 e. The Labute approximate surface area is 206 Å². The fraction of sp³-hybridized carbons (Fsp3) is 0.435. The van der Waals surface area contributed by atoms with Gasteiger partial charge < -0.3 is 4.74 Å². The van der Waals surface area contributed by atoms with Gasteiger partial charge in [-0.3, -0.25) is 10.0 Å². The molecular weight excluding hydrogens is 494 g/mol. The van der Waals surface area contributed by atoms with Gasteiger partial charge in [0.2, 0.25) is 5.91 Å². The smallest absolute Gasteiger partial charge is 0.281 e. The van der Waals surface area contributed by atoms with Gasteiger partial charge in [-0.2, -0.15) is 17.0 Å². The van der Waals surface area contributed by atoms with Crippen molar-refractivity contribution in [2.75, 3.05) is 32.9 Å². The first-order valence-corrected chi connectivity index (χ1v) is 14.2. The van der Waals surface area contributed by atoms with Crippen LogP contribution >= 0.6 is 0 Å². The van der Waals surface area contributed by atoms with Gasteiger partial charge >= 0.3 is 0 Å². The van der Waals surface area contributed by atoms with Gasteiger partial charge in [-0.1, -0.05) is 31.2 Å². The second-order valence-electron chi connectivity index (χ2n) is 8.59. The number of ether oxygens (including phenoxy) is 1. The molecule has 2 N–H and O–H groups in total. The van der Waals surface area contributed by atoms with Crippen LogP contribution in [0.2, 0.25) is 0 Å². The normalized spacial score (nSPS) is 20.8. The molecule has 1 aliphatic heterocycles. The number of hydrogen-bond acceptors (Lipinski definition) is 7. The maximum absolute atomic E-state index is 13.5. The average Bonchev–Trinajstić information content (AvgIpc) is 2.96. The SMILES string of the molecule is CCc1ccc(Oc2ccc(C3(CC(=O)NO)CCN(S(=O)(=O)N(C)C)CCS3(=O)=O)cc2)cc1. The summed E-state index contributed by atoms with van der Waals surface area (Å²) < 4.78 is 58.6. The topological polar surface area (TPSA) is 133 Å².